The number of amides is 1. The number of nitrogens with one attached hydrogen (secondary N) is 1. The molecule has 174 valence electrons. The van der Waals surface area contributed by atoms with Crippen LogP contribution in [0, 0.1) is 5.82 Å². The molecule has 0 aliphatic heterocycles. The summed E-state index contributed by atoms with van der Waals surface area (Å²) in [5.74, 6) is -0.136. The molecule has 0 saturated carbocycles. The van der Waals surface area contributed by atoms with Crippen molar-refractivity contribution in [3.05, 3.63) is 125 Å². The van der Waals surface area contributed by atoms with Crippen molar-refractivity contribution in [2.75, 3.05) is 0 Å². The minimum Gasteiger partial charge on any atom is -0.447 e. The Morgan fingerprint density at radius 2 is 1.62 bits per heavy atom. The molecule has 0 spiro atoms. The van der Waals surface area contributed by atoms with Crippen molar-refractivity contribution in [2.24, 2.45) is 0 Å². The zero-order valence-electron chi connectivity index (χ0n) is 19.3. The van der Waals surface area contributed by atoms with Crippen molar-refractivity contribution in [2.45, 2.75) is 39.0 Å². The first-order valence-electron chi connectivity index (χ1n) is 11.3. The molecule has 6 heteroatoms. The molecule has 2 atom stereocenters. The summed E-state index contributed by atoms with van der Waals surface area (Å²) >= 11 is 0. The molecule has 1 aromatic heterocycles. The van der Waals surface area contributed by atoms with Gasteiger partial charge >= 0.3 is 0 Å². The maximum atomic E-state index is 13.8. The Morgan fingerprint density at radius 3 is 2.29 bits per heavy atom. The molecule has 0 aliphatic carbocycles. The van der Waals surface area contributed by atoms with Gasteiger partial charge < -0.3 is 9.73 Å². The van der Waals surface area contributed by atoms with Crippen LogP contribution in [-0.4, -0.2) is 15.8 Å². The Labute approximate surface area is 199 Å². The average molecular weight is 458 g/mol. The number of nitrogens with zero attached hydrogens (tertiary/aromatic N) is 2. The van der Waals surface area contributed by atoms with Gasteiger partial charge in [0.25, 0.3) is 5.91 Å². The number of carbonyl (C=O) groups is 1. The molecule has 0 aliphatic rings. The first-order chi connectivity index (χ1) is 16.5. The van der Waals surface area contributed by atoms with Crippen LogP contribution in [0.25, 0.3) is 0 Å². The van der Waals surface area contributed by atoms with Crippen molar-refractivity contribution in [1.29, 1.82) is 0 Å². The molecule has 0 fully saturated rings. The summed E-state index contributed by atoms with van der Waals surface area (Å²) in [7, 11) is 0. The van der Waals surface area contributed by atoms with E-state index in [0.29, 0.717) is 19.0 Å². The number of aromatic nitrogens is 1. The summed E-state index contributed by atoms with van der Waals surface area (Å²) in [4.78, 5) is 19.3. The lowest BCUT2D eigenvalue weighted by Gasteiger charge is -2.28. The number of hydrogen-bond donors (Lipinski definition) is 1. The lowest BCUT2D eigenvalue weighted by atomic mass is 10.1. The monoisotopic (exact) mass is 457 g/mol. The van der Waals surface area contributed by atoms with E-state index in [0.717, 1.165) is 16.7 Å². The maximum Gasteiger partial charge on any atom is 0.273 e. The van der Waals surface area contributed by atoms with E-state index < -0.39 is 0 Å². The molecule has 4 aromatic rings. The summed E-state index contributed by atoms with van der Waals surface area (Å²) in [6.07, 6.45) is 1.38. The van der Waals surface area contributed by atoms with E-state index in [4.69, 9.17) is 4.42 Å². The molecule has 0 bridgehead atoms. The lowest BCUT2D eigenvalue weighted by molar-refractivity contribution is 0.0934. The molecule has 0 saturated heterocycles. The zero-order chi connectivity index (χ0) is 23.9. The van der Waals surface area contributed by atoms with Crippen molar-refractivity contribution in [1.82, 2.24) is 15.2 Å². The maximum absolute atomic E-state index is 13.8. The second kappa shape index (κ2) is 10.9. The second-order valence-electron chi connectivity index (χ2n) is 8.35. The number of rotatable bonds is 9. The molecular formula is C28H28FN3O2. The van der Waals surface area contributed by atoms with Crippen LogP contribution in [-0.2, 0) is 13.1 Å². The highest BCUT2D eigenvalue weighted by Crippen LogP contribution is 2.25. The van der Waals surface area contributed by atoms with Crippen LogP contribution in [0.4, 0.5) is 4.39 Å². The summed E-state index contributed by atoms with van der Waals surface area (Å²) in [6.45, 7) is 4.89. The van der Waals surface area contributed by atoms with Crippen LogP contribution in [0.15, 0.2) is 95.6 Å². The first-order valence-corrected chi connectivity index (χ1v) is 11.3. The largest absolute Gasteiger partial charge is 0.447 e. The predicted octanol–water partition coefficient (Wildman–Crippen LogP) is 6.07. The van der Waals surface area contributed by atoms with E-state index in [1.165, 1.54) is 18.4 Å². The molecule has 1 amide bonds. The fourth-order valence-corrected chi connectivity index (χ4v) is 3.90. The molecule has 4 rings (SSSR count). The molecule has 5 nitrogen and oxygen atoms in total. The van der Waals surface area contributed by atoms with Crippen LogP contribution in [0.3, 0.4) is 0 Å². The van der Waals surface area contributed by atoms with Gasteiger partial charge in [-0.25, -0.2) is 9.37 Å². The van der Waals surface area contributed by atoms with E-state index in [9.17, 15) is 9.18 Å². The summed E-state index contributed by atoms with van der Waals surface area (Å²) in [5, 5.41) is 2.96. The Morgan fingerprint density at radius 1 is 0.941 bits per heavy atom. The summed E-state index contributed by atoms with van der Waals surface area (Å²) in [5.41, 5.74) is 3.22. The number of hydrogen-bond acceptors (Lipinski definition) is 4. The molecule has 3 aromatic carbocycles. The normalized spacial score (nSPS) is 12.9. The zero-order valence-corrected chi connectivity index (χ0v) is 19.3. The number of carbonyl (C=O) groups excluding carboxylic acids is 1. The van der Waals surface area contributed by atoms with Crippen LogP contribution in [0.5, 0.6) is 0 Å². The van der Waals surface area contributed by atoms with E-state index in [-0.39, 0.29) is 29.5 Å². The number of oxazole rings is 1. The van der Waals surface area contributed by atoms with E-state index >= 15 is 0 Å². The Balaban J connectivity index is 1.49. The van der Waals surface area contributed by atoms with Gasteiger partial charge in [0.15, 0.2) is 5.69 Å². The van der Waals surface area contributed by atoms with Crippen LogP contribution in [0.1, 0.15) is 59.0 Å². The van der Waals surface area contributed by atoms with Crippen molar-refractivity contribution < 1.29 is 13.6 Å². The predicted molar refractivity (Wildman–Crippen MR) is 129 cm³/mol. The lowest BCUT2D eigenvalue weighted by Crippen LogP contribution is -2.28. The first kappa shape index (κ1) is 23.4. The fraction of sp³-hybridized carbons (Fsp3) is 0.214. The van der Waals surface area contributed by atoms with E-state index in [2.05, 4.69) is 34.3 Å². The van der Waals surface area contributed by atoms with Gasteiger partial charge in [-0.1, -0.05) is 72.8 Å². The highest BCUT2D eigenvalue weighted by molar-refractivity contribution is 5.92. The summed E-state index contributed by atoms with van der Waals surface area (Å²) in [6, 6.07) is 26.3. The standard InChI is InChI=1S/C28H28FN3O2/c1-20(23-11-5-3-6-12-23)30-28(33)26-19-34-27(31-26)18-32(17-22-10-9-15-25(29)16-22)21(2)24-13-7-4-8-14-24/h3-16,19-21H,17-18H2,1-2H3,(H,30,33)/t20-,21+/m1/s1. The third-order valence-corrected chi connectivity index (χ3v) is 5.87. The van der Waals surface area contributed by atoms with Gasteiger partial charge in [0, 0.05) is 12.6 Å². The highest BCUT2D eigenvalue weighted by atomic mass is 19.1. The molecule has 0 unspecified atom stereocenters. The van der Waals surface area contributed by atoms with Gasteiger partial charge in [-0.05, 0) is 42.7 Å². The fourth-order valence-electron chi connectivity index (χ4n) is 3.90. The summed E-state index contributed by atoms with van der Waals surface area (Å²) < 4.78 is 19.5. The smallest absolute Gasteiger partial charge is 0.273 e. The Bertz CT molecular complexity index is 1210. The SMILES string of the molecule is C[C@@H](NC(=O)c1coc(CN(Cc2cccc(F)c2)[C@@H](C)c2ccccc2)n1)c1ccccc1. The molecule has 1 heterocycles. The van der Waals surface area contributed by atoms with Gasteiger partial charge in [0.1, 0.15) is 12.1 Å². The van der Waals surface area contributed by atoms with Gasteiger partial charge in [0.05, 0.1) is 12.6 Å². The molecule has 0 radical (unpaired) electrons. The minimum absolute atomic E-state index is 0.0201. The second-order valence-corrected chi connectivity index (χ2v) is 8.35. The molecule has 1 N–H and O–H groups in total. The van der Waals surface area contributed by atoms with Crippen molar-refractivity contribution in [3.8, 4) is 0 Å². The third kappa shape index (κ3) is 5.97. The topological polar surface area (TPSA) is 58.4 Å². The van der Waals surface area contributed by atoms with Gasteiger partial charge in [-0.15, -0.1) is 0 Å². The van der Waals surface area contributed by atoms with Gasteiger partial charge in [-0.2, -0.15) is 0 Å². The highest BCUT2D eigenvalue weighted by Gasteiger charge is 2.21. The Kier molecular flexibility index (Phi) is 7.50. The van der Waals surface area contributed by atoms with Crippen LogP contribution < -0.4 is 5.32 Å². The van der Waals surface area contributed by atoms with Crippen molar-refractivity contribution in [3.63, 3.8) is 0 Å². The van der Waals surface area contributed by atoms with Gasteiger partial charge in [0.2, 0.25) is 5.89 Å². The van der Waals surface area contributed by atoms with E-state index in [1.807, 2.05) is 61.5 Å². The van der Waals surface area contributed by atoms with Crippen LogP contribution >= 0.6 is 0 Å². The third-order valence-electron chi connectivity index (χ3n) is 5.87. The van der Waals surface area contributed by atoms with Crippen molar-refractivity contribution >= 4 is 5.91 Å². The number of benzene rings is 3. The minimum atomic E-state index is -0.292. The number of halogens is 1. The quantitative estimate of drug-likeness (QED) is 0.332. The molecular weight excluding hydrogens is 429 g/mol. The molecule has 34 heavy (non-hydrogen) atoms. The van der Waals surface area contributed by atoms with Gasteiger partial charge in [-0.3, -0.25) is 9.69 Å². The van der Waals surface area contributed by atoms with E-state index in [1.54, 1.807) is 6.07 Å². The Hall–Kier alpha value is -3.77. The van der Waals surface area contributed by atoms with Crippen LogP contribution in [0.2, 0.25) is 0 Å². The average Bonchev–Trinajstić information content (AvgIpc) is 3.33.